The fourth-order valence-electron chi connectivity index (χ4n) is 3.03. The number of hydrogen-bond acceptors (Lipinski definition) is 3. The van der Waals surface area contributed by atoms with Crippen LogP contribution in [0.25, 0.3) is 16.8 Å². The number of nitrogens with zero attached hydrogens (tertiary/aromatic N) is 2. The van der Waals surface area contributed by atoms with E-state index in [9.17, 15) is 0 Å². The third-order valence-corrected chi connectivity index (χ3v) is 4.29. The largest absolute Gasteiger partial charge is 0.465 e. The Morgan fingerprint density at radius 2 is 2.04 bits per heavy atom. The molecule has 1 aliphatic rings. The van der Waals surface area contributed by atoms with Gasteiger partial charge in [-0.3, -0.25) is 0 Å². The molecule has 0 bridgehead atoms. The Kier molecular flexibility index (Phi) is 3.75. The Hall–Kier alpha value is -2.33. The summed E-state index contributed by atoms with van der Waals surface area (Å²) in [6.07, 6.45) is 7.11. The van der Waals surface area contributed by atoms with Gasteiger partial charge in [-0.05, 0) is 49.6 Å². The summed E-state index contributed by atoms with van der Waals surface area (Å²) < 4.78 is 13.6. The van der Waals surface area contributed by atoms with Crippen LogP contribution < -0.4 is 4.74 Å². The van der Waals surface area contributed by atoms with E-state index in [2.05, 4.69) is 40.6 Å². The molecule has 4 rings (SSSR count). The third kappa shape index (κ3) is 2.82. The Labute approximate surface area is 135 Å². The number of rotatable bonds is 3. The van der Waals surface area contributed by atoms with Crippen molar-refractivity contribution in [3.05, 3.63) is 54.5 Å². The second-order valence-electron chi connectivity index (χ2n) is 5.95. The lowest BCUT2D eigenvalue weighted by Gasteiger charge is -2.23. The van der Waals surface area contributed by atoms with E-state index in [1.807, 2.05) is 24.5 Å². The molecule has 4 heteroatoms. The first-order valence-electron chi connectivity index (χ1n) is 8.13. The maximum absolute atomic E-state index is 5.89. The lowest BCUT2D eigenvalue weighted by Crippen LogP contribution is -2.24. The zero-order chi connectivity index (χ0) is 15.6. The highest BCUT2D eigenvalue weighted by Gasteiger charge is 2.15. The quantitative estimate of drug-likeness (QED) is 0.727. The highest BCUT2D eigenvalue weighted by molar-refractivity contribution is 5.77. The van der Waals surface area contributed by atoms with Crippen molar-refractivity contribution in [3.63, 3.8) is 0 Å². The smallest absolute Gasteiger partial charge is 0.199 e. The number of hydrogen-bond donors (Lipinski definition) is 0. The molecular formula is C19H20N2O2. The molecule has 1 aromatic carbocycles. The third-order valence-electron chi connectivity index (χ3n) is 4.29. The van der Waals surface area contributed by atoms with Crippen molar-refractivity contribution in [2.45, 2.75) is 32.5 Å². The van der Waals surface area contributed by atoms with Gasteiger partial charge in [-0.15, -0.1) is 0 Å². The minimum atomic E-state index is -0.104. The van der Waals surface area contributed by atoms with E-state index in [0.29, 0.717) is 0 Å². The van der Waals surface area contributed by atoms with E-state index in [0.717, 1.165) is 47.7 Å². The van der Waals surface area contributed by atoms with E-state index in [1.165, 1.54) is 6.42 Å². The predicted molar refractivity (Wildman–Crippen MR) is 89.6 cm³/mol. The lowest BCUT2D eigenvalue weighted by molar-refractivity contribution is -0.105. The second kappa shape index (κ2) is 6.05. The fourth-order valence-corrected chi connectivity index (χ4v) is 3.03. The van der Waals surface area contributed by atoms with Gasteiger partial charge in [0.25, 0.3) is 0 Å². The highest BCUT2D eigenvalue weighted by Crippen LogP contribution is 2.27. The van der Waals surface area contributed by atoms with Gasteiger partial charge in [0.15, 0.2) is 6.29 Å². The molecule has 0 radical (unpaired) electrons. The molecule has 0 amide bonds. The summed E-state index contributed by atoms with van der Waals surface area (Å²) in [6, 6.07) is 12.3. The van der Waals surface area contributed by atoms with E-state index in [1.54, 1.807) is 0 Å². The van der Waals surface area contributed by atoms with Crippen LogP contribution in [0.1, 0.15) is 25.0 Å². The molecule has 1 unspecified atom stereocenters. The summed E-state index contributed by atoms with van der Waals surface area (Å²) >= 11 is 0. The Balaban J connectivity index is 1.59. The summed E-state index contributed by atoms with van der Waals surface area (Å²) in [7, 11) is 0. The molecule has 118 valence electrons. The lowest BCUT2D eigenvalue weighted by atomic mass is 10.1. The standard InChI is InChI=1S/C19H20N2O2/c1-14-13-20-19-17(5-4-11-21(14)19)15-7-9-16(10-8-15)23-18-6-2-3-12-22-18/h4-5,7-11,13,18H,2-3,6,12H2,1H3. The van der Waals surface area contributed by atoms with Crippen molar-refractivity contribution >= 4 is 5.65 Å². The van der Waals surface area contributed by atoms with Crippen LogP contribution in [-0.2, 0) is 4.74 Å². The van der Waals surface area contributed by atoms with Crippen LogP contribution in [0, 0.1) is 6.92 Å². The summed E-state index contributed by atoms with van der Waals surface area (Å²) in [5.74, 6) is 0.854. The molecule has 1 atom stereocenters. The Bertz CT molecular complexity index is 802. The van der Waals surface area contributed by atoms with Gasteiger partial charge in [-0.25, -0.2) is 4.98 Å². The second-order valence-corrected chi connectivity index (χ2v) is 5.95. The van der Waals surface area contributed by atoms with E-state index in [-0.39, 0.29) is 6.29 Å². The maximum Gasteiger partial charge on any atom is 0.199 e. The number of ether oxygens (including phenoxy) is 2. The van der Waals surface area contributed by atoms with Crippen molar-refractivity contribution in [3.8, 4) is 16.9 Å². The number of pyridine rings is 1. The highest BCUT2D eigenvalue weighted by atomic mass is 16.7. The Morgan fingerprint density at radius 3 is 2.83 bits per heavy atom. The molecule has 1 aliphatic heterocycles. The van der Waals surface area contributed by atoms with Crippen LogP contribution in [0.4, 0.5) is 0 Å². The van der Waals surface area contributed by atoms with E-state index < -0.39 is 0 Å². The first-order valence-corrected chi connectivity index (χ1v) is 8.13. The average Bonchev–Trinajstić information content (AvgIpc) is 2.98. The summed E-state index contributed by atoms with van der Waals surface area (Å²) in [5, 5.41) is 0. The SMILES string of the molecule is Cc1cnc2c(-c3ccc(OC4CCCCO4)cc3)cccn12. The van der Waals surface area contributed by atoms with Crippen LogP contribution in [0.3, 0.4) is 0 Å². The van der Waals surface area contributed by atoms with Crippen molar-refractivity contribution in [2.75, 3.05) is 6.61 Å². The van der Waals surface area contributed by atoms with Crippen LogP contribution >= 0.6 is 0 Å². The Morgan fingerprint density at radius 1 is 1.17 bits per heavy atom. The van der Waals surface area contributed by atoms with E-state index in [4.69, 9.17) is 9.47 Å². The van der Waals surface area contributed by atoms with Crippen LogP contribution in [-0.4, -0.2) is 22.3 Å². The molecule has 0 aliphatic carbocycles. The van der Waals surface area contributed by atoms with Crippen LogP contribution in [0.5, 0.6) is 5.75 Å². The summed E-state index contributed by atoms with van der Waals surface area (Å²) in [4.78, 5) is 4.52. The molecule has 1 saturated heterocycles. The van der Waals surface area contributed by atoms with Gasteiger partial charge in [0.05, 0.1) is 6.61 Å². The monoisotopic (exact) mass is 308 g/mol. The van der Waals surface area contributed by atoms with Gasteiger partial charge in [0.1, 0.15) is 11.4 Å². The molecule has 4 nitrogen and oxygen atoms in total. The molecule has 3 heterocycles. The molecule has 2 aromatic heterocycles. The van der Waals surface area contributed by atoms with Crippen molar-refractivity contribution in [1.29, 1.82) is 0 Å². The maximum atomic E-state index is 5.89. The minimum Gasteiger partial charge on any atom is -0.465 e. The molecule has 1 fully saturated rings. The molecule has 0 N–H and O–H groups in total. The number of imidazole rings is 1. The zero-order valence-electron chi connectivity index (χ0n) is 13.2. The van der Waals surface area contributed by atoms with Crippen molar-refractivity contribution in [2.24, 2.45) is 0 Å². The normalized spacial score (nSPS) is 18.2. The molecule has 23 heavy (non-hydrogen) atoms. The zero-order valence-corrected chi connectivity index (χ0v) is 13.2. The summed E-state index contributed by atoms with van der Waals surface area (Å²) in [5.41, 5.74) is 4.38. The number of aromatic nitrogens is 2. The van der Waals surface area contributed by atoms with Gasteiger partial charge >= 0.3 is 0 Å². The first kappa shape index (κ1) is 14.3. The number of fused-ring (bicyclic) bond motifs is 1. The topological polar surface area (TPSA) is 35.8 Å². The number of aryl methyl sites for hydroxylation is 1. The fraction of sp³-hybridized carbons (Fsp3) is 0.316. The molecular weight excluding hydrogens is 288 g/mol. The minimum absolute atomic E-state index is 0.104. The van der Waals surface area contributed by atoms with Gasteiger partial charge in [-0.1, -0.05) is 12.1 Å². The summed E-state index contributed by atoms with van der Waals surface area (Å²) in [6.45, 7) is 2.86. The van der Waals surface area contributed by atoms with Gasteiger partial charge < -0.3 is 13.9 Å². The van der Waals surface area contributed by atoms with Crippen LogP contribution in [0.2, 0.25) is 0 Å². The number of benzene rings is 1. The van der Waals surface area contributed by atoms with E-state index >= 15 is 0 Å². The van der Waals surface area contributed by atoms with Gasteiger partial charge in [0.2, 0.25) is 0 Å². The van der Waals surface area contributed by atoms with Gasteiger partial charge in [0, 0.05) is 30.1 Å². The van der Waals surface area contributed by atoms with Crippen molar-refractivity contribution in [1.82, 2.24) is 9.38 Å². The van der Waals surface area contributed by atoms with Crippen LogP contribution in [0.15, 0.2) is 48.8 Å². The predicted octanol–water partition coefficient (Wildman–Crippen LogP) is 4.22. The first-order chi connectivity index (χ1) is 11.3. The molecule has 0 saturated carbocycles. The van der Waals surface area contributed by atoms with Gasteiger partial charge in [-0.2, -0.15) is 0 Å². The average molecular weight is 308 g/mol. The van der Waals surface area contributed by atoms with Crippen molar-refractivity contribution < 1.29 is 9.47 Å². The molecule has 3 aromatic rings. The molecule has 0 spiro atoms.